The Hall–Kier alpha value is -1.80. The Bertz CT molecular complexity index is 634. The van der Waals surface area contributed by atoms with E-state index in [1.807, 2.05) is 0 Å². The zero-order chi connectivity index (χ0) is 18.7. The number of ether oxygens (including phenoxy) is 3. The standard InChI is InChI=1S/C18H24F2N2O4.ClH/c1-24-13-9-12(10-14(25-2)15(13)26-17(19)20)16(23)22-7-4-18(5-8-22)3-6-21-11-18;/h9-10,17,21H,3-8,11H2,1-2H3;1H. The number of methoxy groups -OCH3 is 2. The number of benzene rings is 1. The molecule has 0 unspecified atom stereocenters. The van der Waals surface area contributed by atoms with Crippen molar-refractivity contribution in [3.8, 4) is 17.2 Å². The highest BCUT2D eigenvalue weighted by Crippen LogP contribution is 2.41. The summed E-state index contributed by atoms with van der Waals surface area (Å²) >= 11 is 0. The van der Waals surface area contributed by atoms with Crippen LogP contribution in [0.5, 0.6) is 17.2 Å². The normalized spacial score (nSPS) is 18.3. The molecular formula is C18H25ClF2N2O4. The molecular weight excluding hydrogens is 382 g/mol. The summed E-state index contributed by atoms with van der Waals surface area (Å²) in [5, 5.41) is 3.40. The van der Waals surface area contributed by atoms with Gasteiger partial charge in [0.25, 0.3) is 5.91 Å². The van der Waals surface area contributed by atoms with E-state index in [1.165, 1.54) is 26.4 Å². The number of nitrogens with one attached hydrogen (secondary N) is 1. The van der Waals surface area contributed by atoms with Crippen LogP contribution in [0.15, 0.2) is 12.1 Å². The maximum atomic E-state index is 12.9. The first-order valence-corrected chi connectivity index (χ1v) is 8.69. The van der Waals surface area contributed by atoms with Crippen LogP contribution in [0.25, 0.3) is 0 Å². The lowest BCUT2D eigenvalue weighted by Crippen LogP contribution is -2.44. The van der Waals surface area contributed by atoms with E-state index in [9.17, 15) is 13.6 Å². The number of piperidine rings is 1. The monoisotopic (exact) mass is 406 g/mol. The second kappa shape index (κ2) is 8.93. The number of nitrogens with zero attached hydrogens (tertiary/aromatic N) is 1. The van der Waals surface area contributed by atoms with Gasteiger partial charge < -0.3 is 24.4 Å². The average Bonchev–Trinajstić information content (AvgIpc) is 3.09. The number of hydrogen-bond acceptors (Lipinski definition) is 5. The Labute approximate surface area is 163 Å². The van der Waals surface area contributed by atoms with Crippen molar-refractivity contribution in [3.05, 3.63) is 17.7 Å². The number of halogens is 3. The molecule has 152 valence electrons. The molecule has 3 rings (SSSR count). The molecule has 0 saturated carbocycles. The van der Waals surface area contributed by atoms with Crippen LogP contribution in [-0.4, -0.2) is 57.8 Å². The molecule has 2 aliphatic heterocycles. The molecule has 1 amide bonds. The van der Waals surface area contributed by atoms with Crippen LogP contribution in [0.3, 0.4) is 0 Å². The van der Waals surface area contributed by atoms with Gasteiger partial charge in [0.1, 0.15) is 0 Å². The number of alkyl halides is 2. The van der Waals surface area contributed by atoms with Crippen molar-refractivity contribution < 1.29 is 27.8 Å². The van der Waals surface area contributed by atoms with Crippen LogP contribution in [0.4, 0.5) is 8.78 Å². The fraction of sp³-hybridized carbons (Fsp3) is 0.611. The summed E-state index contributed by atoms with van der Waals surface area (Å²) in [6.07, 6.45) is 3.08. The molecule has 1 aromatic carbocycles. The largest absolute Gasteiger partial charge is 0.493 e. The highest BCUT2D eigenvalue weighted by atomic mass is 35.5. The second-order valence-corrected chi connectivity index (χ2v) is 6.81. The van der Waals surface area contributed by atoms with E-state index in [0.717, 1.165) is 32.4 Å². The summed E-state index contributed by atoms with van der Waals surface area (Å²) < 4.78 is 40.0. The van der Waals surface area contributed by atoms with Crippen molar-refractivity contribution in [2.75, 3.05) is 40.4 Å². The predicted octanol–water partition coefficient (Wildman–Crippen LogP) is 2.94. The number of amides is 1. The molecule has 6 nitrogen and oxygen atoms in total. The van der Waals surface area contributed by atoms with Gasteiger partial charge in [0.05, 0.1) is 14.2 Å². The van der Waals surface area contributed by atoms with Crippen LogP contribution in [-0.2, 0) is 0 Å². The Morgan fingerprint density at radius 3 is 2.19 bits per heavy atom. The quantitative estimate of drug-likeness (QED) is 0.814. The van der Waals surface area contributed by atoms with Gasteiger partial charge in [-0.25, -0.2) is 0 Å². The molecule has 0 bridgehead atoms. The molecule has 2 fully saturated rings. The van der Waals surface area contributed by atoms with Crippen molar-refractivity contribution in [3.63, 3.8) is 0 Å². The van der Waals surface area contributed by atoms with E-state index in [2.05, 4.69) is 10.1 Å². The first kappa shape index (κ1) is 21.5. The zero-order valence-corrected chi connectivity index (χ0v) is 16.2. The van der Waals surface area contributed by atoms with Crippen molar-refractivity contribution >= 4 is 18.3 Å². The molecule has 0 radical (unpaired) electrons. The van der Waals surface area contributed by atoms with Crippen LogP contribution < -0.4 is 19.5 Å². The van der Waals surface area contributed by atoms with E-state index in [1.54, 1.807) is 4.90 Å². The van der Waals surface area contributed by atoms with Crippen molar-refractivity contribution in [1.82, 2.24) is 10.2 Å². The molecule has 0 aromatic heterocycles. The van der Waals surface area contributed by atoms with Gasteiger partial charge in [-0.3, -0.25) is 4.79 Å². The van der Waals surface area contributed by atoms with E-state index in [4.69, 9.17) is 9.47 Å². The maximum absolute atomic E-state index is 12.9. The molecule has 2 heterocycles. The number of likely N-dealkylation sites (tertiary alicyclic amines) is 1. The SMILES string of the molecule is COc1cc(C(=O)N2CCC3(CCNC3)CC2)cc(OC)c1OC(F)F.Cl. The van der Waals surface area contributed by atoms with Gasteiger partial charge in [-0.2, -0.15) is 8.78 Å². The third-order valence-corrected chi connectivity index (χ3v) is 5.36. The molecule has 9 heteroatoms. The molecule has 1 N–H and O–H groups in total. The number of carbonyl (C=O) groups excluding carboxylic acids is 1. The lowest BCUT2D eigenvalue weighted by Gasteiger charge is -2.39. The van der Waals surface area contributed by atoms with Gasteiger partial charge in [0.2, 0.25) is 5.75 Å². The number of rotatable bonds is 5. The minimum absolute atomic E-state index is 0. The Morgan fingerprint density at radius 1 is 1.15 bits per heavy atom. The molecule has 0 aliphatic carbocycles. The summed E-state index contributed by atoms with van der Waals surface area (Å²) in [6.45, 7) is 0.392. The van der Waals surface area contributed by atoms with Crippen LogP contribution in [0.1, 0.15) is 29.6 Å². The molecule has 1 aromatic rings. The van der Waals surface area contributed by atoms with Crippen molar-refractivity contribution in [1.29, 1.82) is 0 Å². The van der Waals surface area contributed by atoms with Gasteiger partial charge in [-0.1, -0.05) is 0 Å². The number of hydrogen-bond donors (Lipinski definition) is 1. The summed E-state index contributed by atoms with van der Waals surface area (Å²) in [6, 6.07) is 2.84. The third-order valence-electron chi connectivity index (χ3n) is 5.36. The first-order chi connectivity index (χ1) is 12.5. The van der Waals surface area contributed by atoms with Crippen molar-refractivity contribution in [2.24, 2.45) is 5.41 Å². The number of carbonyl (C=O) groups is 1. The van der Waals surface area contributed by atoms with Gasteiger partial charge in [-0.05, 0) is 43.4 Å². The van der Waals surface area contributed by atoms with Gasteiger partial charge >= 0.3 is 6.61 Å². The smallest absolute Gasteiger partial charge is 0.387 e. The third kappa shape index (κ3) is 4.55. The Balaban J connectivity index is 0.00000261. The van der Waals surface area contributed by atoms with Gasteiger partial charge in [0, 0.05) is 25.2 Å². The Kier molecular flexibility index (Phi) is 7.11. The van der Waals surface area contributed by atoms with Crippen LogP contribution >= 0.6 is 12.4 Å². The highest BCUT2D eigenvalue weighted by molar-refractivity contribution is 5.95. The van der Waals surface area contributed by atoms with Crippen LogP contribution in [0.2, 0.25) is 0 Å². The molecule has 0 atom stereocenters. The molecule has 2 aliphatic rings. The van der Waals surface area contributed by atoms with Crippen molar-refractivity contribution in [2.45, 2.75) is 25.9 Å². The summed E-state index contributed by atoms with van der Waals surface area (Å²) in [4.78, 5) is 14.7. The van der Waals surface area contributed by atoms with Gasteiger partial charge in [0.15, 0.2) is 11.5 Å². The zero-order valence-electron chi connectivity index (χ0n) is 15.4. The van der Waals surface area contributed by atoms with E-state index < -0.39 is 6.61 Å². The lowest BCUT2D eigenvalue weighted by molar-refractivity contribution is -0.0526. The minimum atomic E-state index is -3.02. The highest BCUT2D eigenvalue weighted by Gasteiger charge is 2.38. The van der Waals surface area contributed by atoms with Crippen LogP contribution in [0, 0.1) is 5.41 Å². The van der Waals surface area contributed by atoms with Gasteiger partial charge in [-0.15, -0.1) is 12.4 Å². The fourth-order valence-electron chi connectivity index (χ4n) is 3.80. The maximum Gasteiger partial charge on any atom is 0.387 e. The topological polar surface area (TPSA) is 60.0 Å². The second-order valence-electron chi connectivity index (χ2n) is 6.81. The predicted molar refractivity (Wildman–Crippen MR) is 98.5 cm³/mol. The molecule has 2 saturated heterocycles. The average molecular weight is 407 g/mol. The molecule has 1 spiro atoms. The Morgan fingerprint density at radius 2 is 1.74 bits per heavy atom. The fourth-order valence-corrected chi connectivity index (χ4v) is 3.80. The first-order valence-electron chi connectivity index (χ1n) is 8.69. The van der Waals surface area contributed by atoms with E-state index in [-0.39, 0.29) is 35.6 Å². The van der Waals surface area contributed by atoms with E-state index >= 15 is 0 Å². The summed E-state index contributed by atoms with van der Waals surface area (Å²) in [7, 11) is 2.66. The minimum Gasteiger partial charge on any atom is -0.493 e. The summed E-state index contributed by atoms with van der Waals surface area (Å²) in [5.41, 5.74) is 0.641. The lowest BCUT2D eigenvalue weighted by atomic mass is 9.78. The molecule has 27 heavy (non-hydrogen) atoms. The van der Waals surface area contributed by atoms with E-state index in [0.29, 0.717) is 24.1 Å². The summed E-state index contributed by atoms with van der Waals surface area (Å²) in [5.74, 6) is -0.287.